The van der Waals surface area contributed by atoms with Crippen LogP contribution < -0.4 is 10.2 Å². The molecule has 3 aromatic rings. The first-order valence-electron chi connectivity index (χ1n) is 11.2. The van der Waals surface area contributed by atoms with Crippen molar-refractivity contribution in [3.05, 3.63) is 90.0 Å². The number of benzene rings is 3. The Hall–Kier alpha value is -4.13. The number of carbonyl (C=O) groups excluding carboxylic acids is 2. The highest BCUT2D eigenvalue weighted by Gasteiger charge is 2.29. The number of fused-ring (bicyclic) bond motifs is 3. The number of para-hydroxylation sites is 1. The number of carbonyl (C=O) groups is 3. The van der Waals surface area contributed by atoms with Crippen molar-refractivity contribution in [2.24, 2.45) is 0 Å². The fraction of sp³-hybridized carbons (Fsp3) is 0.222. The van der Waals surface area contributed by atoms with Crippen molar-refractivity contribution in [1.29, 1.82) is 0 Å². The van der Waals surface area contributed by atoms with Crippen LogP contribution in [-0.2, 0) is 14.3 Å². The van der Waals surface area contributed by atoms with Crippen molar-refractivity contribution >= 4 is 23.7 Å². The van der Waals surface area contributed by atoms with Gasteiger partial charge in [-0.1, -0.05) is 66.7 Å². The first-order valence-corrected chi connectivity index (χ1v) is 11.2. The molecule has 0 atom stereocenters. The molecule has 7 heteroatoms. The van der Waals surface area contributed by atoms with E-state index >= 15 is 0 Å². The van der Waals surface area contributed by atoms with Gasteiger partial charge in [0.1, 0.15) is 13.2 Å². The molecular formula is C27H26N2O5. The number of aliphatic carboxylic acids is 1. The molecule has 34 heavy (non-hydrogen) atoms. The van der Waals surface area contributed by atoms with E-state index in [2.05, 4.69) is 29.6 Å². The smallest absolute Gasteiger partial charge is 0.407 e. The van der Waals surface area contributed by atoms with Crippen LogP contribution in [0.3, 0.4) is 0 Å². The maximum atomic E-state index is 12.6. The fourth-order valence-electron chi connectivity index (χ4n) is 4.28. The fourth-order valence-corrected chi connectivity index (χ4v) is 4.28. The topological polar surface area (TPSA) is 95.9 Å². The number of alkyl carbamates (subject to hydrolysis) is 1. The van der Waals surface area contributed by atoms with Crippen molar-refractivity contribution < 1.29 is 24.2 Å². The molecule has 3 aromatic carbocycles. The van der Waals surface area contributed by atoms with Crippen LogP contribution in [0.15, 0.2) is 78.9 Å². The maximum Gasteiger partial charge on any atom is 0.407 e. The van der Waals surface area contributed by atoms with E-state index in [1.165, 1.54) is 4.90 Å². The number of carboxylic acid groups (broad SMARTS) is 1. The van der Waals surface area contributed by atoms with Gasteiger partial charge in [0.15, 0.2) is 0 Å². The second-order valence-electron chi connectivity index (χ2n) is 8.07. The average molecular weight is 459 g/mol. The summed E-state index contributed by atoms with van der Waals surface area (Å²) in [6.45, 7) is 0.0555. The molecule has 1 aliphatic carbocycles. The van der Waals surface area contributed by atoms with Gasteiger partial charge >= 0.3 is 12.1 Å². The van der Waals surface area contributed by atoms with E-state index in [0.29, 0.717) is 12.1 Å². The number of anilines is 1. The number of nitrogens with one attached hydrogen (secondary N) is 1. The zero-order chi connectivity index (χ0) is 23.9. The zero-order valence-corrected chi connectivity index (χ0v) is 18.6. The van der Waals surface area contributed by atoms with Gasteiger partial charge in [0.2, 0.25) is 5.91 Å². The number of carboxylic acids is 1. The molecule has 0 radical (unpaired) electrons. The summed E-state index contributed by atoms with van der Waals surface area (Å²) in [6, 6.07) is 24.9. The van der Waals surface area contributed by atoms with Gasteiger partial charge < -0.3 is 20.1 Å². The van der Waals surface area contributed by atoms with Crippen molar-refractivity contribution in [1.82, 2.24) is 5.32 Å². The molecule has 2 amide bonds. The van der Waals surface area contributed by atoms with Crippen LogP contribution in [-0.4, -0.2) is 42.8 Å². The van der Waals surface area contributed by atoms with Gasteiger partial charge in [-0.15, -0.1) is 0 Å². The highest BCUT2D eigenvalue weighted by molar-refractivity contribution is 5.97. The number of hydrogen-bond acceptors (Lipinski definition) is 4. The monoisotopic (exact) mass is 458 g/mol. The molecule has 0 aromatic heterocycles. The summed E-state index contributed by atoms with van der Waals surface area (Å²) in [4.78, 5) is 37.2. The molecular weight excluding hydrogens is 432 g/mol. The quantitative estimate of drug-likeness (QED) is 0.463. The Kier molecular flexibility index (Phi) is 7.22. The molecule has 0 fully saturated rings. The normalized spacial score (nSPS) is 11.9. The number of rotatable bonds is 9. The lowest BCUT2D eigenvalue weighted by molar-refractivity contribution is -0.136. The van der Waals surface area contributed by atoms with Gasteiger partial charge in [-0.2, -0.15) is 0 Å². The molecule has 0 saturated heterocycles. The Labute approximate surface area is 198 Å². The molecule has 2 N–H and O–H groups in total. The molecule has 0 unspecified atom stereocenters. The summed E-state index contributed by atoms with van der Waals surface area (Å²) < 4.78 is 5.49. The summed E-state index contributed by atoms with van der Waals surface area (Å²) >= 11 is 0. The molecule has 0 bridgehead atoms. The zero-order valence-electron chi connectivity index (χ0n) is 18.6. The SMILES string of the molecule is O=C(O)CN(C(=O)CCCNC(=O)OCC1c2ccccc2-c2ccccc21)c1ccccc1. The molecule has 0 aliphatic heterocycles. The second kappa shape index (κ2) is 10.7. The predicted octanol–water partition coefficient (Wildman–Crippen LogP) is 4.42. The van der Waals surface area contributed by atoms with E-state index in [1.807, 2.05) is 24.3 Å². The van der Waals surface area contributed by atoms with Crippen LogP contribution in [0.5, 0.6) is 0 Å². The summed E-state index contributed by atoms with van der Waals surface area (Å²) in [7, 11) is 0. The van der Waals surface area contributed by atoms with Crippen LogP contribution in [0, 0.1) is 0 Å². The van der Waals surface area contributed by atoms with Crippen LogP contribution >= 0.6 is 0 Å². The summed E-state index contributed by atoms with van der Waals surface area (Å²) in [5, 5.41) is 11.8. The Bertz CT molecular complexity index is 1130. The van der Waals surface area contributed by atoms with Crippen LogP contribution in [0.25, 0.3) is 11.1 Å². The number of nitrogens with zero attached hydrogens (tertiary/aromatic N) is 1. The third-order valence-corrected chi connectivity index (χ3v) is 5.84. The summed E-state index contributed by atoms with van der Waals surface area (Å²) in [5.41, 5.74) is 5.13. The van der Waals surface area contributed by atoms with E-state index in [4.69, 9.17) is 9.84 Å². The first kappa shape index (κ1) is 23.0. The second-order valence-corrected chi connectivity index (χ2v) is 8.07. The van der Waals surface area contributed by atoms with E-state index in [1.54, 1.807) is 30.3 Å². The molecule has 1 aliphatic rings. The van der Waals surface area contributed by atoms with Crippen molar-refractivity contribution in [3.63, 3.8) is 0 Å². The molecule has 0 heterocycles. The Morgan fingerprint density at radius 3 is 2.06 bits per heavy atom. The van der Waals surface area contributed by atoms with Crippen LogP contribution in [0.2, 0.25) is 0 Å². The Balaban J connectivity index is 1.26. The summed E-state index contributed by atoms with van der Waals surface area (Å²) in [5.74, 6) is -1.42. The predicted molar refractivity (Wildman–Crippen MR) is 129 cm³/mol. The van der Waals surface area contributed by atoms with Gasteiger partial charge in [0, 0.05) is 24.6 Å². The third kappa shape index (κ3) is 5.26. The van der Waals surface area contributed by atoms with Gasteiger partial charge in [0.05, 0.1) is 0 Å². The lowest BCUT2D eigenvalue weighted by Gasteiger charge is -2.21. The van der Waals surface area contributed by atoms with Gasteiger partial charge in [-0.3, -0.25) is 9.59 Å². The van der Waals surface area contributed by atoms with Crippen molar-refractivity contribution in [2.75, 3.05) is 24.6 Å². The van der Waals surface area contributed by atoms with E-state index in [-0.39, 0.29) is 31.4 Å². The molecule has 0 saturated carbocycles. The van der Waals surface area contributed by atoms with Crippen molar-refractivity contribution in [2.45, 2.75) is 18.8 Å². The van der Waals surface area contributed by atoms with E-state index < -0.39 is 18.6 Å². The van der Waals surface area contributed by atoms with Crippen LogP contribution in [0.1, 0.15) is 29.9 Å². The van der Waals surface area contributed by atoms with Crippen LogP contribution in [0.4, 0.5) is 10.5 Å². The first-order chi connectivity index (χ1) is 16.5. The summed E-state index contributed by atoms with van der Waals surface area (Å²) in [6.07, 6.45) is -0.0718. The molecule has 4 rings (SSSR count). The van der Waals surface area contributed by atoms with Gasteiger partial charge in [-0.05, 0) is 40.8 Å². The van der Waals surface area contributed by atoms with Gasteiger partial charge in [0.25, 0.3) is 0 Å². The minimum Gasteiger partial charge on any atom is -0.480 e. The highest BCUT2D eigenvalue weighted by atomic mass is 16.5. The lowest BCUT2D eigenvalue weighted by atomic mass is 9.98. The maximum absolute atomic E-state index is 12.6. The average Bonchev–Trinajstić information content (AvgIpc) is 3.18. The van der Waals surface area contributed by atoms with Crippen molar-refractivity contribution in [3.8, 4) is 11.1 Å². The molecule has 7 nitrogen and oxygen atoms in total. The standard InChI is InChI=1S/C27H26N2O5/c30-25(29(17-26(31)32)19-9-2-1-3-10-19)15-8-16-28-27(33)34-18-24-22-13-6-4-11-20(22)21-12-5-7-14-23(21)24/h1-7,9-14,24H,8,15-18H2,(H,28,33)(H,31,32). The Morgan fingerprint density at radius 2 is 1.44 bits per heavy atom. The molecule has 0 spiro atoms. The largest absolute Gasteiger partial charge is 0.480 e. The minimum atomic E-state index is -1.09. The minimum absolute atomic E-state index is 0.0184. The Morgan fingerprint density at radius 1 is 0.853 bits per heavy atom. The van der Waals surface area contributed by atoms with E-state index in [0.717, 1.165) is 22.3 Å². The lowest BCUT2D eigenvalue weighted by Crippen LogP contribution is -2.36. The van der Waals surface area contributed by atoms with Gasteiger partial charge in [-0.25, -0.2) is 4.79 Å². The third-order valence-electron chi connectivity index (χ3n) is 5.84. The number of amides is 2. The molecule has 174 valence electrons. The number of ether oxygens (including phenoxy) is 1. The van der Waals surface area contributed by atoms with E-state index in [9.17, 15) is 14.4 Å². The number of hydrogen-bond donors (Lipinski definition) is 2. The highest BCUT2D eigenvalue weighted by Crippen LogP contribution is 2.44.